The van der Waals surface area contributed by atoms with Gasteiger partial charge in [-0.2, -0.15) is 0 Å². The van der Waals surface area contributed by atoms with E-state index in [0.29, 0.717) is 11.4 Å². The highest BCUT2D eigenvalue weighted by Gasteiger charge is 2.04. The molecular formula is C17H17BrN2O2. The van der Waals surface area contributed by atoms with Crippen molar-refractivity contribution < 1.29 is 9.53 Å². The lowest BCUT2D eigenvalue weighted by atomic mass is 10.1. The van der Waals surface area contributed by atoms with Crippen LogP contribution in [0.2, 0.25) is 0 Å². The molecule has 114 valence electrons. The summed E-state index contributed by atoms with van der Waals surface area (Å²) in [7, 11) is 0. The molecule has 0 aromatic heterocycles. The summed E-state index contributed by atoms with van der Waals surface area (Å²) in [6.45, 7) is 5.82. The molecular weight excluding hydrogens is 344 g/mol. The van der Waals surface area contributed by atoms with E-state index in [1.54, 1.807) is 12.1 Å². The smallest absolute Gasteiger partial charge is 0.276 e. The van der Waals surface area contributed by atoms with Gasteiger partial charge in [0.15, 0.2) is 6.61 Å². The summed E-state index contributed by atoms with van der Waals surface area (Å²) < 4.78 is 6.29. The molecule has 1 amide bonds. The van der Waals surface area contributed by atoms with Gasteiger partial charge < -0.3 is 4.74 Å². The van der Waals surface area contributed by atoms with E-state index in [4.69, 9.17) is 4.74 Å². The number of hydrogen-bond acceptors (Lipinski definition) is 3. The third-order valence-corrected chi connectivity index (χ3v) is 3.41. The Hall–Kier alpha value is -2.27. The maximum Gasteiger partial charge on any atom is 0.276 e. The summed E-state index contributed by atoms with van der Waals surface area (Å²) >= 11 is 3.35. The van der Waals surface area contributed by atoms with Crippen LogP contribution in [-0.2, 0) is 4.79 Å². The van der Waals surface area contributed by atoms with Gasteiger partial charge in [-0.05, 0) is 30.7 Å². The quantitative estimate of drug-likeness (QED) is 0.776. The van der Waals surface area contributed by atoms with Gasteiger partial charge in [-0.25, -0.2) is 0 Å². The summed E-state index contributed by atoms with van der Waals surface area (Å²) in [6, 6.07) is 15.2. The van der Waals surface area contributed by atoms with Crippen LogP contribution in [-0.4, -0.2) is 12.5 Å². The largest absolute Gasteiger partial charge is 0.484 e. The first-order valence-electron chi connectivity index (χ1n) is 6.74. The van der Waals surface area contributed by atoms with Gasteiger partial charge in [0.2, 0.25) is 0 Å². The van der Waals surface area contributed by atoms with Crippen LogP contribution >= 0.6 is 15.9 Å². The highest BCUT2D eigenvalue weighted by molar-refractivity contribution is 9.10. The standard InChI is InChI=1S/C17H17BrN2O2/c1-12-6-8-14(9-7-12)13(2)19-20-17(21)11-22-16-5-3-4-15(18)10-16/h3-10,19H,2,11H2,1H3,(H,20,21). The normalized spacial score (nSPS) is 9.91. The number of amides is 1. The summed E-state index contributed by atoms with van der Waals surface area (Å²) in [5.74, 6) is 0.343. The third kappa shape index (κ3) is 4.93. The predicted octanol–water partition coefficient (Wildman–Crippen LogP) is 3.43. The molecule has 2 N–H and O–H groups in total. The monoisotopic (exact) mass is 360 g/mol. The van der Waals surface area contributed by atoms with Crippen molar-refractivity contribution in [3.05, 3.63) is 70.7 Å². The van der Waals surface area contributed by atoms with Crippen molar-refractivity contribution in [3.63, 3.8) is 0 Å². The zero-order chi connectivity index (χ0) is 15.9. The molecule has 2 aromatic carbocycles. The van der Waals surface area contributed by atoms with Gasteiger partial charge in [-0.1, -0.05) is 58.4 Å². The van der Waals surface area contributed by atoms with Crippen molar-refractivity contribution in [2.45, 2.75) is 6.92 Å². The third-order valence-electron chi connectivity index (χ3n) is 2.92. The lowest BCUT2D eigenvalue weighted by Gasteiger charge is -2.12. The number of benzene rings is 2. The molecule has 0 unspecified atom stereocenters. The van der Waals surface area contributed by atoms with Gasteiger partial charge in [-0.3, -0.25) is 15.6 Å². The van der Waals surface area contributed by atoms with Crippen molar-refractivity contribution in [1.82, 2.24) is 10.9 Å². The van der Waals surface area contributed by atoms with Gasteiger partial charge in [0.05, 0.1) is 5.70 Å². The summed E-state index contributed by atoms with van der Waals surface area (Å²) in [4.78, 5) is 11.7. The number of carbonyl (C=O) groups is 1. The second-order valence-electron chi connectivity index (χ2n) is 4.76. The summed E-state index contributed by atoms with van der Waals surface area (Å²) in [6.07, 6.45) is 0. The fraction of sp³-hybridized carbons (Fsp3) is 0.118. The molecule has 2 aromatic rings. The maximum atomic E-state index is 11.7. The van der Waals surface area contributed by atoms with Crippen LogP contribution in [0.15, 0.2) is 59.6 Å². The minimum atomic E-state index is -0.284. The van der Waals surface area contributed by atoms with Crippen molar-refractivity contribution in [2.24, 2.45) is 0 Å². The van der Waals surface area contributed by atoms with Gasteiger partial charge in [0.25, 0.3) is 5.91 Å². The fourth-order valence-corrected chi connectivity index (χ4v) is 2.09. The molecule has 5 heteroatoms. The molecule has 0 saturated carbocycles. The number of rotatable bonds is 6. The number of hydrogen-bond donors (Lipinski definition) is 2. The van der Waals surface area contributed by atoms with Crippen LogP contribution in [0, 0.1) is 6.92 Å². The van der Waals surface area contributed by atoms with Gasteiger partial charge in [-0.15, -0.1) is 0 Å². The van der Waals surface area contributed by atoms with E-state index in [0.717, 1.165) is 10.0 Å². The minimum Gasteiger partial charge on any atom is -0.484 e. The number of aryl methyl sites for hydroxylation is 1. The number of hydrazine groups is 1. The maximum absolute atomic E-state index is 11.7. The Bertz CT molecular complexity index is 669. The zero-order valence-corrected chi connectivity index (χ0v) is 13.8. The first-order valence-corrected chi connectivity index (χ1v) is 7.53. The zero-order valence-electron chi connectivity index (χ0n) is 12.2. The molecule has 22 heavy (non-hydrogen) atoms. The first-order chi connectivity index (χ1) is 10.5. The Kier molecular flexibility index (Phi) is 5.61. The topological polar surface area (TPSA) is 50.4 Å². The van der Waals surface area contributed by atoms with Crippen molar-refractivity contribution in [2.75, 3.05) is 6.61 Å². The van der Waals surface area contributed by atoms with E-state index >= 15 is 0 Å². The van der Waals surface area contributed by atoms with E-state index in [9.17, 15) is 4.79 Å². The molecule has 0 atom stereocenters. The van der Waals surface area contributed by atoms with Crippen molar-refractivity contribution >= 4 is 27.5 Å². The van der Waals surface area contributed by atoms with Crippen molar-refractivity contribution in [3.8, 4) is 5.75 Å². The van der Waals surface area contributed by atoms with E-state index in [1.807, 2.05) is 43.3 Å². The van der Waals surface area contributed by atoms with E-state index in [-0.39, 0.29) is 12.5 Å². The first kappa shape index (κ1) is 16.1. The second-order valence-corrected chi connectivity index (χ2v) is 5.68. The molecule has 0 aliphatic carbocycles. The second kappa shape index (κ2) is 7.66. The number of ether oxygens (including phenoxy) is 1. The van der Waals surface area contributed by atoms with Crippen LogP contribution < -0.4 is 15.6 Å². The highest BCUT2D eigenvalue weighted by Crippen LogP contribution is 2.17. The van der Waals surface area contributed by atoms with Crippen LogP contribution in [0.3, 0.4) is 0 Å². The average Bonchev–Trinajstić information content (AvgIpc) is 2.51. The molecule has 0 heterocycles. The molecule has 0 aliphatic rings. The highest BCUT2D eigenvalue weighted by atomic mass is 79.9. The van der Waals surface area contributed by atoms with Gasteiger partial charge in [0, 0.05) is 4.47 Å². The molecule has 0 aliphatic heterocycles. The Labute approximate surface area is 138 Å². The predicted molar refractivity (Wildman–Crippen MR) is 91.1 cm³/mol. The van der Waals surface area contributed by atoms with E-state index in [1.165, 1.54) is 5.56 Å². The average molecular weight is 361 g/mol. The molecule has 0 saturated heterocycles. The Morgan fingerprint density at radius 3 is 2.59 bits per heavy atom. The lowest BCUT2D eigenvalue weighted by molar-refractivity contribution is -0.123. The Morgan fingerprint density at radius 2 is 1.91 bits per heavy atom. The number of carbonyl (C=O) groups excluding carboxylic acids is 1. The van der Waals surface area contributed by atoms with Crippen LogP contribution in [0.1, 0.15) is 11.1 Å². The van der Waals surface area contributed by atoms with Gasteiger partial charge >= 0.3 is 0 Å². The molecule has 2 rings (SSSR count). The number of halogens is 1. The Morgan fingerprint density at radius 1 is 1.18 bits per heavy atom. The minimum absolute atomic E-state index is 0.0787. The van der Waals surface area contributed by atoms with Gasteiger partial charge in [0.1, 0.15) is 5.75 Å². The fourth-order valence-electron chi connectivity index (χ4n) is 1.71. The van der Waals surface area contributed by atoms with Crippen LogP contribution in [0.25, 0.3) is 5.70 Å². The SMILES string of the molecule is C=C(NNC(=O)COc1cccc(Br)c1)c1ccc(C)cc1. The van der Waals surface area contributed by atoms with Crippen LogP contribution in [0.5, 0.6) is 5.75 Å². The molecule has 0 radical (unpaired) electrons. The van der Waals surface area contributed by atoms with E-state index in [2.05, 4.69) is 33.4 Å². The van der Waals surface area contributed by atoms with Crippen LogP contribution in [0.4, 0.5) is 0 Å². The van der Waals surface area contributed by atoms with E-state index < -0.39 is 0 Å². The number of nitrogens with one attached hydrogen (secondary N) is 2. The molecule has 0 fully saturated rings. The summed E-state index contributed by atoms with van der Waals surface area (Å²) in [5, 5.41) is 0. The Balaban J connectivity index is 1.78. The molecule has 4 nitrogen and oxygen atoms in total. The molecule has 0 bridgehead atoms. The summed E-state index contributed by atoms with van der Waals surface area (Å²) in [5.41, 5.74) is 8.04. The lowest BCUT2D eigenvalue weighted by Crippen LogP contribution is -2.38. The molecule has 0 spiro atoms. The van der Waals surface area contributed by atoms with Crippen molar-refractivity contribution in [1.29, 1.82) is 0 Å².